The van der Waals surface area contributed by atoms with Crippen molar-refractivity contribution >= 4 is 27.5 Å². The van der Waals surface area contributed by atoms with Gasteiger partial charge in [0.05, 0.1) is 5.69 Å². The second-order valence-corrected chi connectivity index (χ2v) is 7.16. The summed E-state index contributed by atoms with van der Waals surface area (Å²) in [6, 6.07) is 4.42. The van der Waals surface area contributed by atoms with Crippen LogP contribution in [0.4, 0.5) is 5.13 Å². The van der Waals surface area contributed by atoms with E-state index < -0.39 is 0 Å². The third-order valence-electron chi connectivity index (χ3n) is 4.22. The first-order valence-electron chi connectivity index (χ1n) is 8.17. The molecule has 2 N–H and O–H groups in total. The van der Waals surface area contributed by atoms with Crippen LogP contribution < -0.4 is 5.32 Å². The number of nitrogens with zero attached hydrogens (tertiary/aromatic N) is 4. The van der Waals surface area contributed by atoms with Gasteiger partial charge in [-0.25, -0.2) is 0 Å². The van der Waals surface area contributed by atoms with Crippen LogP contribution in [0.1, 0.15) is 48.0 Å². The lowest BCUT2D eigenvalue weighted by molar-refractivity contribution is 0.709. The lowest BCUT2D eigenvalue weighted by Gasteiger charge is -1.99. The number of aromatic amines is 1. The molecule has 4 rings (SSSR count). The van der Waals surface area contributed by atoms with E-state index in [0.29, 0.717) is 0 Å². The molecule has 1 fully saturated rings. The van der Waals surface area contributed by atoms with Gasteiger partial charge < -0.3 is 10.3 Å². The second kappa shape index (κ2) is 6.23. The monoisotopic (exact) mass is 328 g/mol. The van der Waals surface area contributed by atoms with E-state index in [-0.39, 0.29) is 0 Å². The molecule has 0 radical (unpaired) electrons. The molecular weight excluding hydrogens is 308 g/mol. The number of hydrogen-bond acceptors (Lipinski definition) is 6. The van der Waals surface area contributed by atoms with Crippen molar-refractivity contribution in [1.82, 2.24) is 25.4 Å². The van der Waals surface area contributed by atoms with Gasteiger partial charge >= 0.3 is 0 Å². The molecule has 0 saturated heterocycles. The van der Waals surface area contributed by atoms with Crippen LogP contribution in [-0.2, 0) is 12.8 Å². The lowest BCUT2D eigenvalue weighted by atomic mass is 10.1. The Hall–Kier alpha value is -2.02. The fourth-order valence-corrected chi connectivity index (χ4v) is 3.51. The van der Waals surface area contributed by atoms with E-state index in [1.165, 1.54) is 23.9 Å². The Morgan fingerprint density at radius 1 is 1.13 bits per heavy atom. The number of rotatable bonds is 7. The SMILES string of the molecule is CNc1nnc(CCCCc2cc3cc(C4CC4)[nH]c3nn2)s1. The topological polar surface area (TPSA) is 79.4 Å². The Kier molecular flexibility index (Phi) is 3.95. The van der Waals surface area contributed by atoms with Crippen LogP contribution >= 0.6 is 11.3 Å². The van der Waals surface area contributed by atoms with Gasteiger partial charge in [0, 0.05) is 24.5 Å². The highest BCUT2D eigenvalue weighted by atomic mass is 32.1. The largest absolute Gasteiger partial charge is 0.363 e. The number of anilines is 1. The molecule has 0 spiro atoms. The van der Waals surface area contributed by atoms with Crippen LogP contribution in [0, 0.1) is 0 Å². The minimum Gasteiger partial charge on any atom is -0.363 e. The van der Waals surface area contributed by atoms with Crippen molar-refractivity contribution in [2.45, 2.75) is 44.4 Å². The molecule has 3 aromatic heterocycles. The Bertz CT molecular complexity index is 804. The van der Waals surface area contributed by atoms with Crippen LogP contribution in [-0.4, -0.2) is 32.4 Å². The van der Waals surface area contributed by atoms with E-state index in [4.69, 9.17) is 0 Å². The summed E-state index contributed by atoms with van der Waals surface area (Å²) >= 11 is 1.63. The third-order valence-corrected chi connectivity index (χ3v) is 5.22. The quantitative estimate of drug-likeness (QED) is 0.651. The van der Waals surface area contributed by atoms with Crippen molar-refractivity contribution in [1.29, 1.82) is 0 Å². The number of aromatic nitrogens is 5. The van der Waals surface area contributed by atoms with Gasteiger partial charge in [-0.1, -0.05) is 11.3 Å². The van der Waals surface area contributed by atoms with Crippen LogP contribution in [0.5, 0.6) is 0 Å². The van der Waals surface area contributed by atoms with E-state index in [1.54, 1.807) is 11.3 Å². The summed E-state index contributed by atoms with van der Waals surface area (Å²) in [5.74, 6) is 0.724. The van der Waals surface area contributed by atoms with Gasteiger partial charge in [-0.15, -0.1) is 15.3 Å². The number of hydrogen-bond donors (Lipinski definition) is 2. The van der Waals surface area contributed by atoms with Crippen LogP contribution in [0.2, 0.25) is 0 Å². The zero-order chi connectivity index (χ0) is 15.6. The van der Waals surface area contributed by atoms with Gasteiger partial charge in [0.1, 0.15) is 5.01 Å². The number of fused-ring (bicyclic) bond motifs is 1. The Labute approximate surface area is 138 Å². The summed E-state index contributed by atoms with van der Waals surface area (Å²) < 4.78 is 0. The fraction of sp³-hybridized carbons (Fsp3) is 0.500. The van der Waals surface area contributed by atoms with Crippen molar-refractivity contribution < 1.29 is 0 Å². The van der Waals surface area contributed by atoms with Gasteiger partial charge in [0.2, 0.25) is 5.13 Å². The molecule has 0 aliphatic heterocycles. The molecule has 7 heteroatoms. The Balaban J connectivity index is 1.32. The van der Waals surface area contributed by atoms with Crippen LogP contribution in [0.3, 0.4) is 0 Å². The summed E-state index contributed by atoms with van der Waals surface area (Å²) in [6.45, 7) is 0. The average molecular weight is 328 g/mol. The third kappa shape index (κ3) is 3.34. The highest BCUT2D eigenvalue weighted by Gasteiger charge is 2.25. The van der Waals surface area contributed by atoms with E-state index in [0.717, 1.165) is 53.1 Å². The maximum Gasteiger partial charge on any atom is 0.205 e. The standard InChI is InChI=1S/C16H20N6S/c1-17-16-22-20-14(23-16)5-3-2-4-12-8-11-9-13(10-6-7-10)18-15(11)21-19-12/h8-10H,2-7H2,1H3,(H,17,22)(H,18,21). The molecule has 23 heavy (non-hydrogen) atoms. The molecule has 0 atom stereocenters. The molecular formula is C16H20N6S. The summed E-state index contributed by atoms with van der Waals surface area (Å²) in [7, 11) is 1.87. The molecule has 0 unspecified atom stereocenters. The smallest absolute Gasteiger partial charge is 0.205 e. The zero-order valence-electron chi connectivity index (χ0n) is 13.2. The van der Waals surface area contributed by atoms with Gasteiger partial charge in [-0.3, -0.25) is 0 Å². The van der Waals surface area contributed by atoms with Crippen molar-refractivity contribution in [3.8, 4) is 0 Å². The lowest BCUT2D eigenvalue weighted by Crippen LogP contribution is -1.94. The summed E-state index contributed by atoms with van der Waals surface area (Å²) in [5.41, 5.74) is 3.32. The minimum atomic E-state index is 0.724. The molecule has 0 aromatic carbocycles. The minimum absolute atomic E-state index is 0.724. The number of H-pyrrole nitrogens is 1. The zero-order valence-corrected chi connectivity index (χ0v) is 14.0. The maximum absolute atomic E-state index is 4.35. The summed E-state index contributed by atoms with van der Waals surface area (Å²) in [4.78, 5) is 3.39. The normalized spacial score (nSPS) is 14.5. The highest BCUT2D eigenvalue weighted by molar-refractivity contribution is 7.15. The Morgan fingerprint density at radius 3 is 2.78 bits per heavy atom. The number of unbranched alkanes of at least 4 members (excludes halogenated alkanes) is 1. The molecule has 1 aliphatic carbocycles. The highest BCUT2D eigenvalue weighted by Crippen LogP contribution is 2.40. The van der Waals surface area contributed by atoms with Crippen molar-refractivity contribution in [2.75, 3.05) is 12.4 Å². The van der Waals surface area contributed by atoms with Gasteiger partial charge in [-0.2, -0.15) is 5.10 Å². The van der Waals surface area contributed by atoms with Gasteiger partial charge in [-0.05, 0) is 50.2 Å². The fourth-order valence-electron chi connectivity index (χ4n) is 2.77. The van der Waals surface area contributed by atoms with Crippen LogP contribution in [0.25, 0.3) is 11.0 Å². The van der Waals surface area contributed by atoms with Gasteiger partial charge in [0.25, 0.3) is 0 Å². The summed E-state index contributed by atoms with van der Waals surface area (Å²) in [6.07, 6.45) is 6.73. The van der Waals surface area contributed by atoms with Gasteiger partial charge in [0.15, 0.2) is 5.65 Å². The molecule has 3 heterocycles. The molecule has 6 nitrogen and oxygen atoms in total. The second-order valence-electron chi connectivity index (χ2n) is 6.10. The molecule has 1 saturated carbocycles. The summed E-state index contributed by atoms with van der Waals surface area (Å²) in [5, 5.41) is 23.1. The maximum atomic E-state index is 4.35. The Morgan fingerprint density at radius 2 is 2.00 bits per heavy atom. The van der Waals surface area contributed by atoms with E-state index in [1.807, 2.05) is 7.05 Å². The predicted octanol–water partition coefficient (Wildman–Crippen LogP) is 3.29. The molecule has 3 aromatic rings. The van der Waals surface area contributed by atoms with Crippen LogP contribution in [0.15, 0.2) is 12.1 Å². The van der Waals surface area contributed by atoms with Crippen molar-refractivity contribution in [3.63, 3.8) is 0 Å². The average Bonchev–Trinajstić information content (AvgIpc) is 3.17. The van der Waals surface area contributed by atoms with Crippen molar-refractivity contribution in [2.24, 2.45) is 0 Å². The van der Waals surface area contributed by atoms with Crippen molar-refractivity contribution in [3.05, 3.63) is 28.5 Å². The first-order valence-corrected chi connectivity index (χ1v) is 8.99. The van der Waals surface area contributed by atoms with E-state index >= 15 is 0 Å². The first kappa shape index (κ1) is 14.6. The first-order chi connectivity index (χ1) is 11.3. The molecule has 0 bridgehead atoms. The van der Waals surface area contributed by atoms with E-state index in [2.05, 4.69) is 42.8 Å². The predicted molar refractivity (Wildman–Crippen MR) is 92.0 cm³/mol. The number of nitrogens with one attached hydrogen (secondary N) is 2. The molecule has 0 amide bonds. The molecule has 1 aliphatic rings. The molecule has 120 valence electrons. The van der Waals surface area contributed by atoms with E-state index in [9.17, 15) is 0 Å². The number of aryl methyl sites for hydroxylation is 2.